The number of allylic oxidation sites excluding steroid dienone is 1. The van der Waals surface area contributed by atoms with E-state index in [-0.39, 0.29) is 0 Å². The summed E-state index contributed by atoms with van der Waals surface area (Å²) in [6, 6.07) is 8.82. The second-order valence-electron chi connectivity index (χ2n) is 5.89. The minimum absolute atomic E-state index is 0.310. The molecule has 0 radical (unpaired) electrons. The van der Waals surface area contributed by atoms with Gasteiger partial charge in [0.15, 0.2) is 0 Å². The summed E-state index contributed by atoms with van der Waals surface area (Å²) in [5.41, 5.74) is 3.87. The molecule has 1 aromatic rings. The molecule has 1 aromatic carbocycles. The van der Waals surface area contributed by atoms with E-state index < -0.39 is 0 Å². The van der Waals surface area contributed by atoms with Gasteiger partial charge in [0.25, 0.3) is 0 Å². The van der Waals surface area contributed by atoms with Gasteiger partial charge in [0, 0.05) is 31.9 Å². The van der Waals surface area contributed by atoms with Gasteiger partial charge in [-0.25, -0.2) is 0 Å². The van der Waals surface area contributed by atoms with Crippen molar-refractivity contribution in [3.8, 4) is 0 Å². The normalized spacial score (nSPS) is 13.8. The average molecular weight is 290 g/mol. The van der Waals surface area contributed by atoms with Crippen LogP contribution in [0.25, 0.3) is 0 Å². The molecule has 0 aliphatic rings. The van der Waals surface area contributed by atoms with E-state index in [0.717, 1.165) is 19.5 Å². The van der Waals surface area contributed by atoms with Crippen LogP contribution in [-0.4, -0.2) is 43.6 Å². The SMILES string of the molecule is C/C=C(\C)C(CCN(C)N)Nc1ccccc1CN(C)C. The van der Waals surface area contributed by atoms with E-state index in [1.807, 2.05) is 7.05 Å². The van der Waals surface area contributed by atoms with E-state index in [1.165, 1.54) is 16.8 Å². The molecule has 1 unspecified atom stereocenters. The van der Waals surface area contributed by atoms with Gasteiger partial charge in [0.2, 0.25) is 0 Å². The summed E-state index contributed by atoms with van der Waals surface area (Å²) < 4.78 is 0. The molecule has 3 N–H and O–H groups in total. The molecule has 0 heterocycles. The number of nitrogens with one attached hydrogen (secondary N) is 1. The Balaban J connectivity index is 2.87. The van der Waals surface area contributed by atoms with Crippen molar-refractivity contribution < 1.29 is 0 Å². The van der Waals surface area contributed by atoms with Crippen LogP contribution in [0.2, 0.25) is 0 Å². The molecular weight excluding hydrogens is 260 g/mol. The Hall–Kier alpha value is -1.36. The van der Waals surface area contributed by atoms with Crippen LogP contribution in [0, 0.1) is 0 Å². The van der Waals surface area contributed by atoms with Gasteiger partial charge in [0.05, 0.1) is 0 Å². The van der Waals surface area contributed by atoms with Gasteiger partial charge in [-0.1, -0.05) is 29.8 Å². The lowest BCUT2D eigenvalue weighted by Crippen LogP contribution is -2.32. The first-order chi connectivity index (χ1) is 9.93. The Bertz CT molecular complexity index is 452. The van der Waals surface area contributed by atoms with E-state index in [2.05, 4.69) is 68.5 Å². The second-order valence-corrected chi connectivity index (χ2v) is 5.89. The number of rotatable bonds is 8. The highest BCUT2D eigenvalue weighted by Crippen LogP contribution is 2.20. The summed E-state index contributed by atoms with van der Waals surface area (Å²) >= 11 is 0. The molecule has 0 aromatic heterocycles. The summed E-state index contributed by atoms with van der Waals surface area (Å²) in [5, 5.41) is 5.42. The van der Waals surface area contributed by atoms with Crippen LogP contribution in [0.15, 0.2) is 35.9 Å². The maximum Gasteiger partial charge on any atom is 0.0483 e. The molecule has 118 valence electrons. The first kappa shape index (κ1) is 17.7. The number of anilines is 1. The van der Waals surface area contributed by atoms with Crippen LogP contribution in [0.4, 0.5) is 5.69 Å². The molecule has 1 atom stereocenters. The molecule has 0 saturated carbocycles. The molecule has 4 nitrogen and oxygen atoms in total. The third kappa shape index (κ3) is 6.29. The van der Waals surface area contributed by atoms with E-state index in [0.29, 0.717) is 6.04 Å². The topological polar surface area (TPSA) is 44.5 Å². The number of benzene rings is 1. The number of hydrogen-bond donors (Lipinski definition) is 2. The van der Waals surface area contributed by atoms with Crippen molar-refractivity contribution in [1.29, 1.82) is 0 Å². The first-order valence-electron chi connectivity index (χ1n) is 7.51. The van der Waals surface area contributed by atoms with Crippen molar-refractivity contribution in [2.75, 3.05) is 33.0 Å². The lowest BCUT2D eigenvalue weighted by molar-refractivity contribution is 0.338. The minimum atomic E-state index is 0.310. The Morgan fingerprint density at radius 1 is 1.29 bits per heavy atom. The molecule has 4 heteroatoms. The number of hydrogen-bond acceptors (Lipinski definition) is 4. The third-order valence-corrected chi connectivity index (χ3v) is 3.61. The predicted molar refractivity (Wildman–Crippen MR) is 92.1 cm³/mol. The van der Waals surface area contributed by atoms with Gasteiger partial charge in [-0.2, -0.15) is 0 Å². The van der Waals surface area contributed by atoms with Gasteiger partial charge in [0.1, 0.15) is 0 Å². The zero-order valence-electron chi connectivity index (χ0n) is 14.1. The van der Waals surface area contributed by atoms with Crippen molar-refractivity contribution in [1.82, 2.24) is 9.91 Å². The highest BCUT2D eigenvalue weighted by atomic mass is 15.4. The van der Waals surface area contributed by atoms with E-state index in [9.17, 15) is 0 Å². The first-order valence-corrected chi connectivity index (χ1v) is 7.51. The minimum Gasteiger partial charge on any atom is -0.378 e. The second kappa shape index (κ2) is 8.82. The average Bonchev–Trinajstić information content (AvgIpc) is 2.43. The van der Waals surface area contributed by atoms with Gasteiger partial charge in [-0.05, 0) is 46.0 Å². The fourth-order valence-corrected chi connectivity index (χ4v) is 2.27. The number of nitrogens with zero attached hydrogens (tertiary/aromatic N) is 2. The van der Waals surface area contributed by atoms with Crippen molar-refractivity contribution in [2.45, 2.75) is 32.9 Å². The van der Waals surface area contributed by atoms with Crippen molar-refractivity contribution in [3.63, 3.8) is 0 Å². The quantitative estimate of drug-likeness (QED) is 0.439. The third-order valence-electron chi connectivity index (χ3n) is 3.61. The summed E-state index contributed by atoms with van der Waals surface area (Å²) in [7, 11) is 6.09. The lowest BCUT2D eigenvalue weighted by Gasteiger charge is -2.24. The zero-order chi connectivity index (χ0) is 15.8. The predicted octanol–water partition coefficient (Wildman–Crippen LogP) is 2.69. The molecule has 0 aliphatic heterocycles. The summed E-state index contributed by atoms with van der Waals surface area (Å²) in [6.45, 7) is 6.05. The summed E-state index contributed by atoms with van der Waals surface area (Å²) in [5.74, 6) is 5.75. The van der Waals surface area contributed by atoms with Crippen molar-refractivity contribution in [2.24, 2.45) is 5.84 Å². The molecule has 0 spiro atoms. The van der Waals surface area contributed by atoms with E-state index in [4.69, 9.17) is 5.84 Å². The smallest absolute Gasteiger partial charge is 0.0483 e. The maximum absolute atomic E-state index is 5.75. The number of nitrogens with two attached hydrogens (primary N) is 1. The monoisotopic (exact) mass is 290 g/mol. The number of hydrazine groups is 1. The molecule has 1 rings (SSSR count). The van der Waals surface area contributed by atoms with Gasteiger partial charge >= 0.3 is 0 Å². The molecule has 0 aliphatic carbocycles. The standard InChI is InChI=1S/C17H30N4/c1-6-14(2)16(11-12-21(5)18)19-17-10-8-7-9-15(17)13-20(3)4/h6-10,16,19H,11-13,18H2,1-5H3/b14-6+. The van der Waals surface area contributed by atoms with Gasteiger partial charge < -0.3 is 10.2 Å². The van der Waals surface area contributed by atoms with E-state index >= 15 is 0 Å². The van der Waals surface area contributed by atoms with E-state index in [1.54, 1.807) is 5.01 Å². The molecule has 0 fully saturated rings. The van der Waals surface area contributed by atoms with Crippen LogP contribution in [0.3, 0.4) is 0 Å². The highest BCUT2D eigenvalue weighted by molar-refractivity contribution is 5.53. The summed E-state index contributed by atoms with van der Waals surface area (Å²) in [6.07, 6.45) is 3.15. The molecular formula is C17H30N4. The summed E-state index contributed by atoms with van der Waals surface area (Å²) in [4.78, 5) is 2.19. The van der Waals surface area contributed by atoms with Crippen LogP contribution in [0.5, 0.6) is 0 Å². The molecule has 0 saturated heterocycles. The van der Waals surface area contributed by atoms with Crippen LogP contribution in [0.1, 0.15) is 25.8 Å². The number of para-hydroxylation sites is 1. The van der Waals surface area contributed by atoms with Crippen molar-refractivity contribution >= 4 is 5.69 Å². The van der Waals surface area contributed by atoms with Gasteiger partial charge in [-0.3, -0.25) is 10.9 Å². The highest BCUT2D eigenvalue weighted by Gasteiger charge is 2.13. The van der Waals surface area contributed by atoms with Crippen LogP contribution >= 0.6 is 0 Å². The lowest BCUT2D eigenvalue weighted by atomic mass is 10.0. The van der Waals surface area contributed by atoms with Crippen LogP contribution in [-0.2, 0) is 6.54 Å². The fourth-order valence-electron chi connectivity index (χ4n) is 2.27. The molecule has 0 amide bonds. The Kier molecular flexibility index (Phi) is 7.43. The van der Waals surface area contributed by atoms with Crippen molar-refractivity contribution in [3.05, 3.63) is 41.5 Å². The molecule has 21 heavy (non-hydrogen) atoms. The Morgan fingerprint density at radius 3 is 2.52 bits per heavy atom. The molecule has 0 bridgehead atoms. The largest absolute Gasteiger partial charge is 0.378 e. The Labute approximate surface area is 129 Å². The fraction of sp³-hybridized carbons (Fsp3) is 0.529. The zero-order valence-corrected chi connectivity index (χ0v) is 14.1. The Morgan fingerprint density at radius 2 is 1.95 bits per heavy atom. The maximum atomic E-state index is 5.75. The van der Waals surface area contributed by atoms with Crippen LogP contribution < -0.4 is 11.2 Å². The van der Waals surface area contributed by atoms with Gasteiger partial charge in [-0.15, -0.1) is 0 Å².